The molecule has 0 aromatic heterocycles. The third kappa shape index (κ3) is 2.41. The van der Waals surface area contributed by atoms with E-state index < -0.39 is 5.82 Å². The Hall–Kier alpha value is -1.88. The van der Waals surface area contributed by atoms with Crippen LogP contribution >= 0.6 is 15.9 Å². The maximum Gasteiger partial charge on any atom is 0.253 e. The van der Waals surface area contributed by atoms with Crippen molar-refractivity contribution in [3.05, 3.63) is 63.9 Å². The van der Waals surface area contributed by atoms with Crippen LogP contribution in [0.25, 0.3) is 0 Å². The van der Waals surface area contributed by atoms with Crippen LogP contribution in [0.5, 0.6) is 5.75 Å². The number of rotatable bonds is 2. The maximum atomic E-state index is 13.2. The van der Waals surface area contributed by atoms with E-state index >= 15 is 0 Å². The monoisotopic (exact) mass is 335 g/mol. The largest absolute Gasteiger partial charge is 0.491 e. The van der Waals surface area contributed by atoms with Crippen LogP contribution in [0.1, 0.15) is 22.0 Å². The number of carbonyl (C=O) groups excluding carboxylic acids is 1. The fourth-order valence-electron chi connectivity index (χ4n) is 2.19. The topological polar surface area (TPSA) is 38.3 Å². The lowest BCUT2D eigenvalue weighted by atomic mass is 10.1. The molecule has 1 aliphatic rings. The Morgan fingerprint density at radius 3 is 2.95 bits per heavy atom. The summed E-state index contributed by atoms with van der Waals surface area (Å²) in [7, 11) is 0. The molecule has 1 N–H and O–H groups in total. The van der Waals surface area contributed by atoms with Crippen molar-refractivity contribution >= 4 is 21.8 Å². The molecule has 0 fully saturated rings. The van der Waals surface area contributed by atoms with Crippen molar-refractivity contribution < 1.29 is 13.9 Å². The molecule has 0 saturated carbocycles. The molecule has 1 atom stereocenters. The molecule has 3 rings (SSSR count). The zero-order valence-electron chi connectivity index (χ0n) is 10.4. The summed E-state index contributed by atoms with van der Waals surface area (Å²) in [5, 5.41) is 2.86. The number of hydrogen-bond acceptors (Lipinski definition) is 2. The molecule has 5 heteroatoms. The number of nitrogens with one attached hydrogen (secondary N) is 1. The molecule has 0 saturated heterocycles. The number of benzene rings is 2. The van der Waals surface area contributed by atoms with Gasteiger partial charge in [0.15, 0.2) is 0 Å². The van der Waals surface area contributed by atoms with E-state index in [-0.39, 0.29) is 17.5 Å². The van der Waals surface area contributed by atoms with Gasteiger partial charge >= 0.3 is 0 Å². The Labute approximate surface area is 123 Å². The van der Waals surface area contributed by atoms with Gasteiger partial charge < -0.3 is 10.1 Å². The molecule has 1 aliphatic heterocycles. The molecule has 0 radical (unpaired) electrons. The highest BCUT2D eigenvalue weighted by Gasteiger charge is 2.26. The summed E-state index contributed by atoms with van der Waals surface area (Å²) in [6, 6.07) is 11.4. The summed E-state index contributed by atoms with van der Waals surface area (Å²) >= 11 is 3.25. The standard InChI is InChI=1S/C15H11BrFNO2/c16-12-6-5-9(17)7-11(12)15(19)18-13-8-20-14-4-2-1-3-10(13)14/h1-7,13H,8H2,(H,18,19). The van der Waals surface area contributed by atoms with Crippen LogP contribution in [0.3, 0.4) is 0 Å². The highest BCUT2D eigenvalue weighted by molar-refractivity contribution is 9.10. The van der Waals surface area contributed by atoms with Gasteiger partial charge in [-0.3, -0.25) is 4.79 Å². The zero-order valence-corrected chi connectivity index (χ0v) is 12.0. The quantitative estimate of drug-likeness (QED) is 0.912. The minimum absolute atomic E-state index is 0.214. The smallest absolute Gasteiger partial charge is 0.253 e. The lowest BCUT2D eigenvalue weighted by Crippen LogP contribution is -2.29. The number of halogens is 2. The van der Waals surface area contributed by atoms with Crippen LogP contribution in [-0.2, 0) is 0 Å². The van der Waals surface area contributed by atoms with Crippen molar-refractivity contribution in [3.63, 3.8) is 0 Å². The number of amides is 1. The Kier molecular flexibility index (Phi) is 3.44. The molecule has 0 spiro atoms. The summed E-state index contributed by atoms with van der Waals surface area (Å²) in [5.41, 5.74) is 1.21. The number of fused-ring (bicyclic) bond motifs is 1. The van der Waals surface area contributed by atoms with Gasteiger partial charge in [0.05, 0.1) is 11.6 Å². The summed E-state index contributed by atoms with van der Waals surface area (Å²) < 4.78 is 19.3. The van der Waals surface area contributed by atoms with E-state index in [1.54, 1.807) is 0 Å². The lowest BCUT2D eigenvalue weighted by Gasteiger charge is -2.12. The van der Waals surface area contributed by atoms with Crippen LogP contribution in [-0.4, -0.2) is 12.5 Å². The van der Waals surface area contributed by atoms with Gasteiger partial charge in [0.25, 0.3) is 5.91 Å². The van der Waals surface area contributed by atoms with Crippen LogP contribution < -0.4 is 10.1 Å². The minimum atomic E-state index is -0.443. The summed E-state index contributed by atoms with van der Waals surface area (Å²) in [6.07, 6.45) is 0. The number of carbonyl (C=O) groups is 1. The second-order valence-electron chi connectivity index (χ2n) is 4.50. The van der Waals surface area contributed by atoms with Gasteiger partial charge in [-0.15, -0.1) is 0 Å². The van der Waals surface area contributed by atoms with E-state index in [1.165, 1.54) is 18.2 Å². The van der Waals surface area contributed by atoms with Crippen molar-refractivity contribution in [1.29, 1.82) is 0 Å². The molecule has 2 aromatic rings. The first-order valence-corrected chi connectivity index (χ1v) is 6.92. The second-order valence-corrected chi connectivity index (χ2v) is 5.35. The summed E-state index contributed by atoms with van der Waals surface area (Å²) in [5.74, 6) is -0.000733. The Balaban J connectivity index is 1.82. The number of ether oxygens (including phenoxy) is 1. The highest BCUT2D eigenvalue weighted by atomic mass is 79.9. The van der Waals surface area contributed by atoms with Crippen molar-refractivity contribution in [2.45, 2.75) is 6.04 Å². The van der Waals surface area contributed by atoms with Gasteiger partial charge in [-0.05, 0) is 40.2 Å². The van der Waals surface area contributed by atoms with Crippen molar-refractivity contribution in [3.8, 4) is 5.75 Å². The van der Waals surface area contributed by atoms with E-state index in [0.717, 1.165) is 11.3 Å². The first kappa shape index (κ1) is 13.1. The molecule has 0 bridgehead atoms. The van der Waals surface area contributed by atoms with Crippen LogP contribution in [0.15, 0.2) is 46.9 Å². The first-order valence-electron chi connectivity index (χ1n) is 6.13. The maximum absolute atomic E-state index is 13.2. The van der Waals surface area contributed by atoms with Gasteiger partial charge in [-0.2, -0.15) is 0 Å². The van der Waals surface area contributed by atoms with E-state index in [4.69, 9.17) is 4.74 Å². The molecule has 3 nitrogen and oxygen atoms in total. The molecule has 102 valence electrons. The van der Waals surface area contributed by atoms with Crippen molar-refractivity contribution in [2.75, 3.05) is 6.61 Å². The van der Waals surface area contributed by atoms with Crippen LogP contribution in [0.4, 0.5) is 4.39 Å². The third-order valence-electron chi connectivity index (χ3n) is 3.18. The fourth-order valence-corrected chi connectivity index (χ4v) is 2.62. The van der Waals surface area contributed by atoms with Crippen LogP contribution in [0, 0.1) is 5.82 Å². The van der Waals surface area contributed by atoms with Gasteiger partial charge in [0.1, 0.15) is 18.2 Å². The SMILES string of the molecule is O=C(NC1COc2ccccc21)c1cc(F)ccc1Br. The first-order chi connectivity index (χ1) is 9.65. The minimum Gasteiger partial charge on any atom is -0.491 e. The van der Waals surface area contributed by atoms with Gasteiger partial charge in [0.2, 0.25) is 0 Å². The predicted molar refractivity (Wildman–Crippen MR) is 76.2 cm³/mol. The van der Waals surface area contributed by atoms with Gasteiger partial charge in [-0.25, -0.2) is 4.39 Å². The normalized spacial score (nSPS) is 16.4. The molecular weight excluding hydrogens is 325 g/mol. The number of para-hydroxylation sites is 1. The summed E-state index contributed by atoms with van der Waals surface area (Å²) in [6.45, 7) is 0.387. The van der Waals surface area contributed by atoms with E-state index in [2.05, 4.69) is 21.2 Å². The van der Waals surface area contributed by atoms with Crippen LogP contribution in [0.2, 0.25) is 0 Å². The average molecular weight is 336 g/mol. The lowest BCUT2D eigenvalue weighted by molar-refractivity contribution is 0.0929. The highest BCUT2D eigenvalue weighted by Crippen LogP contribution is 2.32. The molecule has 0 aliphatic carbocycles. The fraction of sp³-hybridized carbons (Fsp3) is 0.133. The molecule has 1 unspecified atom stereocenters. The molecule has 1 amide bonds. The Morgan fingerprint density at radius 2 is 2.10 bits per heavy atom. The molecule has 1 heterocycles. The average Bonchev–Trinajstić information content (AvgIpc) is 2.85. The molecule has 20 heavy (non-hydrogen) atoms. The Bertz CT molecular complexity index is 675. The van der Waals surface area contributed by atoms with Gasteiger partial charge in [0, 0.05) is 10.0 Å². The van der Waals surface area contributed by atoms with E-state index in [1.807, 2.05) is 24.3 Å². The predicted octanol–water partition coefficient (Wildman–Crippen LogP) is 3.45. The summed E-state index contributed by atoms with van der Waals surface area (Å²) in [4.78, 5) is 12.2. The van der Waals surface area contributed by atoms with Crippen molar-refractivity contribution in [2.24, 2.45) is 0 Å². The third-order valence-corrected chi connectivity index (χ3v) is 3.87. The van der Waals surface area contributed by atoms with Gasteiger partial charge in [-0.1, -0.05) is 18.2 Å². The molecule has 2 aromatic carbocycles. The molecular formula is C15H11BrFNO2. The zero-order chi connectivity index (χ0) is 14.1. The Morgan fingerprint density at radius 1 is 1.30 bits per heavy atom. The van der Waals surface area contributed by atoms with Crippen molar-refractivity contribution in [1.82, 2.24) is 5.32 Å². The van der Waals surface area contributed by atoms with E-state index in [9.17, 15) is 9.18 Å². The number of hydrogen-bond donors (Lipinski definition) is 1. The van der Waals surface area contributed by atoms with E-state index in [0.29, 0.717) is 11.1 Å². The second kappa shape index (κ2) is 5.25.